The number of rotatable bonds is 4. The van der Waals surface area contributed by atoms with Gasteiger partial charge in [0.05, 0.1) is 5.56 Å². The third-order valence-electron chi connectivity index (χ3n) is 3.71. The van der Waals surface area contributed by atoms with Gasteiger partial charge in [0.1, 0.15) is 0 Å². The van der Waals surface area contributed by atoms with Crippen LogP contribution < -0.4 is 5.32 Å². The SMILES string of the molecule is CC(C)C1(CNC(=O)c2ccc(F)nc2)CC1. The van der Waals surface area contributed by atoms with Crippen LogP contribution in [0.1, 0.15) is 37.0 Å². The Bertz CT molecular complexity index is 410. The molecule has 1 saturated carbocycles. The molecule has 1 aliphatic rings. The lowest BCUT2D eigenvalue weighted by Gasteiger charge is -2.19. The average Bonchev–Trinajstić information content (AvgIpc) is 3.08. The zero-order chi connectivity index (χ0) is 12.5. The number of nitrogens with zero attached hydrogens (tertiary/aromatic N) is 1. The molecule has 1 fully saturated rings. The third kappa shape index (κ3) is 2.62. The second-order valence-electron chi connectivity index (χ2n) is 5.07. The fraction of sp³-hybridized carbons (Fsp3) is 0.538. The van der Waals surface area contributed by atoms with E-state index in [2.05, 4.69) is 24.1 Å². The summed E-state index contributed by atoms with van der Waals surface area (Å²) in [6, 6.07) is 2.65. The molecule has 0 aromatic carbocycles. The topological polar surface area (TPSA) is 42.0 Å². The van der Waals surface area contributed by atoms with Gasteiger partial charge in [-0.15, -0.1) is 0 Å². The van der Waals surface area contributed by atoms with Gasteiger partial charge in [-0.1, -0.05) is 13.8 Å². The highest BCUT2D eigenvalue weighted by Gasteiger charge is 2.45. The molecule has 0 bridgehead atoms. The number of hydrogen-bond acceptors (Lipinski definition) is 2. The molecule has 0 radical (unpaired) electrons. The normalized spacial score (nSPS) is 16.9. The Morgan fingerprint density at radius 1 is 1.53 bits per heavy atom. The summed E-state index contributed by atoms with van der Waals surface area (Å²) in [6.45, 7) is 5.05. The van der Waals surface area contributed by atoms with Crippen LogP contribution in [0.4, 0.5) is 4.39 Å². The van der Waals surface area contributed by atoms with Crippen molar-refractivity contribution in [3.8, 4) is 0 Å². The Morgan fingerprint density at radius 2 is 2.24 bits per heavy atom. The molecule has 0 atom stereocenters. The minimum absolute atomic E-state index is 0.176. The fourth-order valence-electron chi connectivity index (χ4n) is 1.99. The smallest absolute Gasteiger partial charge is 0.252 e. The highest BCUT2D eigenvalue weighted by atomic mass is 19.1. The quantitative estimate of drug-likeness (QED) is 0.815. The van der Waals surface area contributed by atoms with Crippen LogP contribution in [0.5, 0.6) is 0 Å². The maximum Gasteiger partial charge on any atom is 0.252 e. The molecule has 1 N–H and O–H groups in total. The van der Waals surface area contributed by atoms with Crippen LogP contribution in [-0.4, -0.2) is 17.4 Å². The van der Waals surface area contributed by atoms with Crippen molar-refractivity contribution in [1.29, 1.82) is 0 Å². The van der Waals surface area contributed by atoms with Crippen molar-refractivity contribution in [2.45, 2.75) is 26.7 Å². The van der Waals surface area contributed by atoms with E-state index in [1.807, 2.05) is 0 Å². The number of carbonyl (C=O) groups is 1. The van der Waals surface area contributed by atoms with E-state index in [-0.39, 0.29) is 11.3 Å². The van der Waals surface area contributed by atoms with E-state index in [4.69, 9.17) is 0 Å². The van der Waals surface area contributed by atoms with Crippen molar-refractivity contribution >= 4 is 5.91 Å². The summed E-state index contributed by atoms with van der Waals surface area (Å²) in [5, 5.41) is 2.90. The highest BCUT2D eigenvalue weighted by molar-refractivity contribution is 5.93. The molecule has 1 aromatic rings. The Morgan fingerprint density at radius 3 is 2.71 bits per heavy atom. The van der Waals surface area contributed by atoms with Gasteiger partial charge in [-0.2, -0.15) is 4.39 Å². The molecule has 1 amide bonds. The predicted octanol–water partition coefficient (Wildman–Crippen LogP) is 2.39. The first kappa shape index (κ1) is 12.0. The molecule has 92 valence electrons. The van der Waals surface area contributed by atoms with Gasteiger partial charge in [0, 0.05) is 12.7 Å². The molecule has 1 aromatic heterocycles. The summed E-state index contributed by atoms with van der Waals surface area (Å²) < 4.78 is 12.6. The van der Waals surface area contributed by atoms with E-state index >= 15 is 0 Å². The number of halogens is 1. The van der Waals surface area contributed by atoms with Crippen molar-refractivity contribution in [3.05, 3.63) is 29.8 Å². The summed E-state index contributed by atoms with van der Waals surface area (Å²) >= 11 is 0. The number of nitrogens with one attached hydrogen (secondary N) is 1. The van der Waals surface area contributed by atoms with Crippen molar-refractivity contribution in [3.63, 3.8) is 0 Å². The number of amides is 1. The molecule has 0 spiro atoms. The monoisotopic (exact) mass is 236 g/mol. The van der Waals surface area contributed by atoms with E-state index in [0.717, 1.165) is 0 Å². The van der Waals surface area contributed by atoms with Gasteiger partial charge < -0.3 is 5.32 Å². The van der Waals surface area contributed by atoms with Crippen LogP contribution in [-0.2, 0) is 0 Å². The molecule has 0 aliphatic heterocycles. The maximum atomic E-state index is 12.6. The van der Waals surface area contributed by atoms with E-state index < -0.39 is 5.95 Å². The number of hydrogen-bond donors (Lipinski definition) is 1. The molecule has 0 saturated heterocycles. The van der Waals surface area contributed by atoms with Crippen LogP contribution in [0.3, 0.4) is 0 Å². The van der Waals surface area contributed by atoms with Crippen LogP contribution in [0.2, 0.25) is 0 Å². The Hall–Kier alpha value is -1.45. The molecule has 17 heavy (non-hydrogen) atoms. The largest absolute Gasteiger partial charge is 0.351 e. The first-order valence-electron chi connectivity index (χ1n) is 5.93. The average molecular weight is 236 g/mol. The van der Waals surface area contributed by atoms with Crippen LogP contribution in [0.15, 0.2) is 18.3 Å². The molecule has 1 heterocycles. The van der Waals surface area contributed by atoms with Gasteiger partial charge in [0.25, 0.3) is 5.91 Å². The number of pyridine rings is 1. The molecule has 1 aliphatic carbocycles. The summed E-state index contributed by atoms with van der Waals surface area (Å²) in [6.07, 6.45) is 3.61. The van der Waals surface area contributed by atoms with E-state index in [1.165, 1.54) is 31.2 Å². The second-order valence-corrected chi connectivity index (χ2v) is 5.07. The van der Waals surface area contributed by atoms with E-state index in [1.54, 1.807) is 0 Å². The maximum absolute atomic E-state index is 12.6. The van der Waals surface area contributed by atoms with Gasteiger partial charge in [0.15, 0.2) is 0 Å². The van der Waals surface area contributed by atoms with Crippen molar-refractivity contribution in [1.82, 2.24) is 10.3 Å². The van der Waals surface area contributed by atoms with Gasteiger partial charge in [-0.25, -0.2) is 4.98 Å². The van der Waals surface area contributed by atoms with Crippen LogP contribution >= 0.6 is 0 Å². The number of carbonyl (C=O) groups excluding carboxylic acids is 1. The molecule has 4 heteroatoms. The summed E-state index contributed by atoms with van der Waals surface area (Å²) in [5.74, 6) is -0.166. The molecular formula is C13H17FN2O. The first-order chi connectivity index (χ1) is 8.03. The summed E-state index contributed by atoms with van der Waals surface area (Å²) in [7, 11) is 0. The van der Waals surface area contributed by atoms with Gasteiger partial charge in [-0.3, -0.25) is 4.79 Å². The highest BCUT2D eigenvalue weighted by Crippen LogP contribution is 2.51. The zero-order valence-electron chi connectivity index (χ0n) is 10.2. The van der Waals surface area contributed by atoms with Crippen LogP contribution in [0.25, 0.3) is 0 Å². The molecule has 3 nitrogen and oxygen atoms in total. The fourth-order valence-corrected chi connectivity index (χ4v) is 1.99. The molecule has 2 rings (SSSR count). The Labute approximate surface area is 100 Å². The lowest BCUT2D eigenvalue weighted by atomic mass is 9.92. The zero-order valence-corrected chi connectivity index (χ0v) is 10.2. The lowest BCUT2D eigenvalue weighted by Crippen LogP contribution is -2.32. The van der Waals surface area contributed by atoms with Crippen LogP contribution in [0, 0.1) is 17.3 Å². The van der Waals surface area contributed by atoms with Gasteiger partial charge in [-0.05, 0) is 36.3 Å². The Kier molecular flexibility index (Phi) is 3.13. The number of aromatic nitrogens is 1. The lowest BCUT2D eigenvalue weighted by molar-refractivity contribution is 0.0939. The second kappa shape index (κ2) is 4.43. The van der Waals surface area contributed by atoms with Crippen molar-refractivity contribution < 1.29 is 9.18 Å². The molecular weight excluding hydrogens is 219 g/mol. The Balaban J connectivity index is 1.92. The standard InChI is InChI=1S/C13H17FN2O/c1-9(2)13(5-6-13)8-16-12(17)10-3-4-11(14)15-7-10/h3-4,7,9H,5-6,8H2,1-2H3,(H,16,17). The van der Waals surface area contributed by atoms with Gasteiger partial charge in [0.2, 0.25) is 5.95 Å². The molecule has 0 unspecified atom stereocenters. The third-order valence-corrected chi connectivity index (χ3v) is 3.71. The van der Waals surface area contributed by atoms with Crippen molar-refractivity contribution in [2.24, 2.45) is 11.3 Å². The minimum Gasteiger partial charge on any atom is -0.351 e. The van der Waals surface area contributed by atoms with E-state index in [0.29, 0.717) is 18.0 Å². The summed E-state index contributed by atoms with van der Waals surface area (Å²) in [4.78, 5) is 15.2. The van der Waals surface area contributed by atoms with Crippen molar-refractivity contribution in [2.75, 3.05) is 6.54 Å². The minimum atomic E-state index is -0.567. The predicted molar refractivity (Wildman–Crippen MR) is 63.0 cm³/mol. The van der Waals surface area contributed by atoms with Gasteiger partial charge >= 0.3 is 0 Å². The first-order valence-corrected chi connectivity index (χ1v) is 5.93. The summed E-state index contributed by atoms with van der Waals surface area (Å²) in [5.41, 5.74) is 0.689. The van der Waals surface area contributed by atoms with E-state index in [9.17, 15) is 9.18 Å².